The molecule has 0 aromatic heterocycles. The number of halogens is 1. The van der Waals surface area contributed by atoms with Crippen LogP contribution in [0.1, 0.15) is 56.6 Å². The molecule has 1 saturated carbocycles. The van der Waals surface area contributed by atoms with Crippen molar-refractivity contribution in [3.8, 4) is 0 Å². The molecule has 124 valence electrons. The van der Waals surface area contributed by atoms with Crippen molar-refractivity contribution in [1.29, 1.82) is 0 Å². The first-order valence-corrected chi connectivity index (χ1v) is 8.06. The quantitative estimate of drug-likeness (QED) is 0.917. The van der Waals surface area contributed by atoms with Crippen molar-refractivity contribution in [3.05, 3.63) is 35.4 Å². The Labute approximate surface area is 140 Å². The lowest BCUT2D eigenvalue weighted by molar-refractivity contribution is -0.135. The zero-order chi connectivity index (χ0) is 15.4. The molecule has 1 fully saturated rings. The summed E-state index contributed by atoms with van der Waals surface area (Å²) in [6.45, 7) is 5.07. The Morgan fingerprint density at radius 2 is 1.91 bits per heavy atom. The fourth-order valence-corrected chi connectivity index (χ4v) is 3.12. The van der Waals surface area contributed by atoms with E-state index in [1.54, 1.807) is 0 Å². The zero-order valence-electron chi connectivity index (χ0n) is 13.9. The van der Waals surface area contributed by atoms with Gasteiger partial charge in [0.05, 0.1) is 0 Å². The maximum Gasteiger partial charge on any atom is 0.225 e. The molecule has 3 nitrogen and oxygen atoms in total. The van der Waals surface area contributed by atoms with Gasteiger partial charge >= 0.3 is 0 Å². The number of benzene rings is 1. The summed E-state index contributed by atoms with van der Waals surface area (Å²) >= 11 is 0. The molecule has 2 rings (SSSR count). The van der Waals surface area contributed by atoms with E-state index >= 15 is 0 Å². The molecule has 4 heteroatoms. The number of carbonyl (C=O) groups excluding carboxylic acids is 1. The van der Waals surface area contributed by atoms with E-state index < -0.39 is 0 Å². The summed E-state index contributed by atoms with van der Waals surface area (Å²) in [6.07, 6.45) is 3.97. The smallest absolute Gasteiger partial charge is 0.225 e. The van der Waals surface area contributed by atoms with E-state index in [0.717, 1.165) is 25.7 Å². The third-order valence-corrected chi connectivity index (χ3v) is 4.51. The minimum absolute atomic E-state index is 0. The summed E-state index contributed by atoms with van der Waals surface area (Å²) in [6, 6.07) is 8.78. The van der Waals surface area contributed by atoms with Crippen molar-refractivity contribution in [2.45, 2.75) is 58.0 Å². The zero-order valence-corrected chi connectivity index (χ0v) is 14.7. The Morgan fingerprint density at radius 3 is 2.45 bits per heavy atom. The minimum atomic E-state index is 0. The molecule has 0 saturated heterocycles. The van der Waals surface area contributed by atoms with Crippen molar-refractivity contribution < 1.29 is 4.79 Å². The van der Waals surface area contributed by atoms with E-state index in [0.29, 0.717) is 12.5 Å². The van der Waals surface area contributed by atoms with Crippen LogP contribution in [0, 0.1) is 5.92 Å². The Morgan fingerprint density at radius 1 is 1.27 bits per heavy atom. The normalized spacial score (nSPS) is 21.3. The van der Waals surface area contributed by atoms with Crippen LogP contribution >= 0.6 is 12.4 Å². The average molecular weight is 325 g/mol. The number of rotatable bonds is 4. The maximum atomic E-state index is 12.5. The van der Waals surface area contributed by atoms with Gasteiger partial charge in [-0.15, -0.1) is 12.4 Å². The summed E-state index contributed by atoms with van der Waals surface area (Å²) in [4.78, 5) is 14.3. The molecule has 0 heterocycles. The molecule has 22 heavy (non-hydrogen) atoms. The number of nitrogens with zero attached hydrogens (tertiary/aromatic N) is 1. The number of carbonyl (C=O) groups is 1. The van der Waals surface area contributed by atoms with Crippen molar-refractivity contribution in [2.24, 2.45) is 11.7 Å². The van der Waals surface area contributed by atoms with E-state index in [1.165, 1.54) is 11.1 Å². The first-order chi connectivity index (χ1) is 9.97. The molecule has 1 amide bonds. The predicted molar refractivity (Wildman–Crippen MR) is 94.2 cm³/mol. The van der Waals surface area contributed by atoms with Gasteiger partial charge in [0, 0.05) is 25.6 Å². The fraction of sp³-hybridized carbons (Fsp3) is 0.611. The molecule has 0 aliphatic heterocycles. The van der Waals surface area contributed by atoms with E-state index in [-0.39, 0.29) is 30.3 Å². The monoisotopic (exact) mass is 324 g/mol. The Hall–Kier alpha value is -1.06. The first kappa shape index (κ1) is 19.0. The Bertz CT molecular complexity index is 472. The first-order valence-electron chi connectivity index (χ1n) is 8.06. The van der Waals surface area contributed by atoms with Crippen LogP contribution in [0.4, 0.5) is 0 Å². The number of nitrogens with two attached hydrogens (primary N) is 1. The summed E-state index contributed by atoms with van der Waals surface area (Å²) < 4.78 is 0. The second-order valence-electron chi connectivity index (χ2n) is 6.71. The summed E-state index contributed by atoms with van der Waals surface area (Å²) in [5.74, 6) is 0.911. The van der Waals surface area contributed by atoms with Crippen LogP contribution < -0.4 is 5.73 Å². The van der Waals surface area contributed by atoms with Gasteiger partial charge in [0.2, 0.25) is 5.91 Å². The molecule has 1 aliphatic rings. The minimum Gasteiger partial charge on any atom is -0.341 e. The summed E-state index contributed by atoms with van der Waals surface area (Å²) in [7, 11) is 1.90. The van der Waals surface area contributed by atoms with E-state index in [2.05, 4.69) is 38.1 Å². The van der Waals surface area contributed by atoms with Crippen molar-refractivity contribution in [3.63, 3.8) is 0 Å². The van der Waals surface area contributed by atoms with Crippen LogP contribution in [0.25, 0.3) is 0 Å². The summed E-state index contributed by atoms with van der Waals surface area (Å²) in [5, 5.41) is 0. The van der Waals surface area contributed by atoms with Gasteiger partial charge in [0.15, 0.2) is 0 Å². The molecule has 2 N–H and O–H groups in total. The molecule has 1 aliphatic carbocycles. The second-order valence-corrected chi connectivity index (χ2v) is 6.71. The van der Waals surface area contributed by atoms with Crippen LogP contribution in [0.5, 0.6) is 0 Å². The van der Waals surface area contributed by atoms with Gasteiger partial charge in [0.25, 0.3) is 0 Å². The highest BCUT2D eigenvalue weighted by molar-refractivity contribution is 5.85. The SMILES string of the molecule is CC(C)c1ccc(CN(C)C(=O)C2CCCC(N)C2)cc1.Cl. The highest BCUT2D eigenvalue weighted by Gasteiger charge is 2.27. The fourth-order valence-electron chi connectivity index (χ4n) is 3.12. The van der Waals surface area contributed by atoms with Crippen LogP contribution in [0.2, 0.25) is 0 Å². The van der Waals surface area contributed by atoms with Gasteiger partial charge in [-0.25, -0.2) is 0 Å². The predicted octanol–water partition coefficient (Wildman–Crippen LogP) is 3.71. The van der Waals surface area contributed by atoms with Crippen molar-refractivity contribution >= 4 is 18.3 Å². The van der Waals surface area contributed by atoms with Crippen molar-refractivity contribution in [2.75, 3.05) is 7.05 Å². The van der Waals surface area contributed by atoms with E-state index in [4.69, 9.17) is 5.73 Å². The molecule has 1 aromatic carbocycles. The average Bonchev–Trinajstić information content (AvgIpc) is 2.47. The van der Waals surface area contributed by atoms with Crippen LogP contribution in [-0.4, -0.2) is 23.9 Å². The van der Waals surface area contributed by atoms with Gasteiger partial charge in [0.1, 0.15) is 0 Å². The van der Waals surface area contributed by atoms with Crippen LogP contribution in [-0.2, 0) is 11.3 Å². The van der Waals surface area contributed by atoms with Gasteiger partial charge in [-0.3, -0.25) is 4.79 Å². The third kappa shape index (κ3) is 4.99. The molecular weight excluding hydrogens is 296 g/mol. The standard InChI is InChI=1S/C18H28N2O.ClH/c1-13(2)15-9-7-14(8-10-15)12-20(3)18(21)16-5-4-6-17(19)11-16;/h7-10,13,16-17H,4-6,11-12,19H2,1-3H3;1H. The second kappa shape index (κ2) is 8.54. The lowest BCUT2D eigenvalue weighted by atomic mass is 9.85. The van der Waals surface area contributed by atoms with Crippen LogP contribution in [0.3, 0.4) is 0 Å². The molecule has 1 aromatic rings. The summed E-state index contributed by atoms with van der Waals surface area (Å²) in [5.41, 5.74) is 8.52. The molecule has 0 radical (unpaired) electrons. The molecule has 0 bridgehead atoms. The van der Waals surface area contributed by atoms with Gasteiger partial charge in [-0.1, -0.05) is 44.5 Å². The molecule has 2 atom stereocenters. The molecule has 0 spiro atoms. The van der Waals surface area contributed by atoms with Gasteiger partial charge in [-0.05, 0) is 36.3 Å². The maximum absolute atomic E-state index is 12.5. The number of amides is 1. The topological polar surface area (TPSA) is 46.3 Å². The largest absolute Gasteiger partial charge is 0.341 e. The molecule has 2 unspecified atom stereocenters. The van der Waals surface area contributed by atoms with Gasteiger partial charge in [-0.2, -0.15) is 0 Å². The highest BCUT2D eigenvalue weighted by Crippen LogP contribution is 2.25. The Kier molecular flexibility index (Phi) is 7.37. The third-order valence-electron chi connectivity index (χ3n) is 4.51. The lowest BCUT2D eigenvalue weighted by Crippen LogP contribution is -2.38. The molecular formula is C18H29ClN2O. The number of hydrogen-bond donors (Lipinski definition) is 1. The Balaban J connectivity index is 0.00000242. The van der Waals surface area contributed by atoms with E-state index in [1.807, 2.05) is 11.9 Å². The number of hydrogen-bond acceptors (Lipinski definition) is 2. The highest BCUT2D eigenvalue weighted by atomic mass is 35.5. The lowest BCUT2D eigenvalue weighted by Gasteiger charge is -2.29. The van der Waals surface area contributed by atoms with Crippen LogP contribution in [0.15, 0.2) is 24.3 Å². The van der Waals surface area contributed by atoms with Gasteiger partial charge < -0.3 is 10.6 Å². The van der Waals surface area contributed by atoms with E-state index in [9.17, 15) is 4.79 Å². The van der Waals surface area contributed by atoms with Crippen molar-refractivity contribution in [1.82, 2.24) is 4.90 Å².